The van der Waals surface area contributed by atoms with Gasteiger partial charge in [0.25, 0.3) is 11.8 Å². The Bertz CT molecular complexity index is 1460. The SMILES string of the molecule is O=C1CCC(N2Cc3ccc(-n4cc(C(=O)Nc5ccc6c(c5F)CCC6)nn4)cc3C2=O)C(=O)N1. The fourth-order valence-electron chi connectivity index (χ4n) is 5.08. The van der Waals surface area contributed by atoms with Crippen molar-refractivity contribution in [3.8, 4) is 5.69 Å². The van der Waals surface area contributed by atoms with E-state index in [9.17, 15) is 23.6 Å². The molecule has 1 unspecified atom stereocenters. The molecular weight excluding hydrogens is 467 g/mol. The first-order valence-electron chi connectivity index (χ1n) is 11.7. The summed E-state index contributed by atoms with van der Waals surface area (Å²) in [6.45, 7) is 0.262. The van der Waals surface area contributed by atoms with Gasteiger partial charge >= 0.3 is 0 Å². The summed E-state index contributed by atoms with van der Waals surface area (Å²) in [6, 6.07) is 7.80. The number of rotatable bonds is 4. The molecule has 36 heavy (non-hydrogen) atoms. The number of fused-ring (bicyclic) bond motifs is 2. The Labute approximate surface area is 204 Å². The number of nitrogens with one attached hydrogen (secondary N) is 2. The maximum absolute atomic E-state index is 14.8. The molecule has 0 saturated carbocycles. The monoisotopic (exact) mass is 488 g/mol. The van der Waals surface area contributed by atoms with Crippen LogP contribution in [0.5, 0.6) is 0 Å². The predicted molar refractivity (Wildman–Crippen MR) is 124 cm³/mol. The summed E-state index contributed by atoms with van der Waals surface area (Å²) in [5, 5.41) is 12.8. The van der Waals surface area contributed by atoms with E-state index in [1.807, 2.05) is 6.07 Å². The molecule has 182 valence electrons. The number of anilines is 1. The molecule has 1 fully saturated rings. The van der Waals surface area contributed by atoms with Crippen LogP contribution in [0.25, 0.3) is 5.69 Å². The van der Waals surface area contributed by atoms with Crippen molar-refractivity contribution in [3.05, 3.63) is 70.3 Å². The lowest BCUT2D eigenvalue weighted by molar-refractivity contribution is -0.136. The normalized spacial score (nSPS) is 18.8. The van der Waals surface area contributed by atoms with E-state index in [0.717, 1.165) is 24.0 Å². The largest absolute Gasteiger partial charge is 0.322 e. The molecule has 2 aromatic carbocycles. The summed E-state index contributed by atoms with van der Waals surface area (Å²) < 4.78 is 16.1. The number of hydrogen-bond donors (Lipinski definition) is 2. The van der Waals surface area contributed by atoms with Crippen molar-refractivity contribution in [1.29, 1.82) is 0 Å². The molecule has 0 radical (unpaired) electrons. The van der Waals surface area contributed by atoms with Crippen molar-refractivity contribution in [1.82, 2.24) is 25.2 Å². The highest BCUT2D eigenvalue weighted by Crippen LogP contribution is 2.30. The van der Waals surface area contributed by atoms with Gasteiger partial charge in [0.1, 0.15) is 11.9 Å². The molecule has 10 nitrogen and oxygen atoms in total. The smallest absolute Gasteiger partial charge is 0.277 e. The zero-order valence-electron chi connectivity index (χ0n) is 19.1. The predicted octanol–water partition coefficient (Wildman–Crippen LogP) is 1.91. The molecule has 1 atom stereocenters. The molecule has 3 aliphatic rings. The minimum Gasteiger partial charge on any atom is -0.322 e. The van der Waals surface area contributed by atoms with E-state index >= 15 is 0 Å². The third-order valence-corrected chi connectivity index (χ3v) is 6.96. The Morgan fingerprint density at radius 3 is 2.75 bits per heavy atom. The quantitative estimate of drug-likeness (QED) is 0.541. The van der Waals surface area contributed by atoms with Crippen molar-refractivity contribution in [2.75, 3.05) is 5.32 Å². The lowest BCUT2D eigenvalue weighted by atomic mass is 10.0. The number of carbonyl (C=O) groups is 4. The van der Waals surface area contributed by atoms with Gasteiger partial charge in [-0.2, -0.15) is 0 Å². The van der Waals surface area contributed by atoms with E-state index in [4.69, 9.17) is 0 Å². The van der Waals surface area contributed by atoms with E-state index < -0.39 is 23.7 Å². The topological polar surface area (TPSA) is 126 Å². The number of hydrogen-bond acceptors (Lipinski definition) is 6. The first-order chi connectivity index (χ1) is 17.4. The van der Waals surface area contributed by atoms with Gasteiger partial charge in [0.15, 0.2) is 5.69 Å². The molecule has 6 rings (SSSR count). The summed E-state index contributed by atoms with van der Waals surface area (Å²) in [6.07, 6.45) is 4.25. The third kappa shape index (κ3) is 3.63. The molecule has 0 spiro atoms. The molecule has 2 N–H and O–H groups in total. The summed E-state index contributed by atoms with van der Waals surface area (Å²) >= 11 is 0. The van der Waals surface area contributed by atoms with Gasteiger partial charge < -0.3 is 10.2 Å². The highest BCUT2D eigenvalue weighted by Gasteiger charge is 2.39. The summed E-state index contributed by atoms with van der Waals surface area (Å²) in [4.78, 5) is 50.9. The first-order valence-corrected chi connectivity index (χ1v) is 11.7. The molecule has 3 aromatic rings. The van der Waals surface area contributed by atoms with Crippen LogP contribution in [-0.2, 0) is 29.0 Å². The number of aromatic nitrogens is 3. The Morgan fingerprint density at radius 2 is 1.92 bits per heavy atom. The van der Waals surface area contributed by atoms with Crippen LogP contribution in [0.4, 0.5) is 10.1 Å². The van der Waals surface area contributed by atoms with Gasteiger partial charge in [-0.3, -0.25) is 24.5 Å². The number of benzene rings is 2. The highest BCUT2D eigenvalue weighted by molar-refractivity contribution is 6.05. The van der Waals surface area contributed by atoms with Crippen LogP contribution < -0.4 is 10.6 Å². The number of nitrogens with zero attached hydrogens (tertiary/aromatic N) is 4. The highest BCUT2D eigenvalue weighted by atomic mass is 19.1. The van der Waals surface area contributed by atoms with Crippen molar-refractivity contribution >= 4 is 29.3 Å². The van der Waals surface area contributed by atoms with Gasteiger partial charge in [-0.05, 0) is 60.6 Å². The summed E-state index contributed by atoms with van der Waals surface area (Å²) in [7, 11) is 0. The van der Waals surface area contributed by atoms with Gasteiger partial charge in [0.05, 0.1) is 17.6 Å². The zero-order valence-corrected chi connectivity index (χ0v) is 19.1. The van der Waals surface area contributed by atoms with Crippen LogP contribution in [0.3, 0.4) is 0 Å². The molecular formula is C25H21FN6O4. The third-order valence-electron chi connectivity index (χ3n) is 6.96. The van der Waals surface area contributed by atoms with Gasteiger partial charge in [0.2, 0.25) is 11.8 Å². The lowest BCUT2D eigenvalue weighted by Gasteiger charge is -2.29. The molecule has 1 saturated heterocycles. The van der Waals surface area contributed by atoms with Gasteiger partial charge in [-0.1, -0.05) is 17.3 Å². The summed E-state index contributed by atoms with van der Waals surface area (Å²) in [5.74, 6) is -2.14. The van der Waals surface area contributed by atoms with E-state index in [0.29, 0.717) is 23.2 Å². The van der Waals surface area contributed by atoms with Crippen LogP contribution in [0, 0.1) is 5.82 Å². The Morgan fingerprint density at radius 1 is 1.08 bits per heavy atom. The van der Waals surface area contributed by atoms with E-state index in [1.54, 1.807) is 24.3 Å². The average molecular weight is 488 g/mol. The molecule has 4 amide bonds. The van der Waals surface area contributed by atoms with E-state index in [2.05, 4.69) is 20.9 Å². The van der Waals surface area contributed by atoms with Gasteiger partial charge in [0, 0.05) is 18.5 Å². The number of piperidine rings is 1. The molecule has 3 heterocycles. The number of halogens is 1. The van der Waals surface area contributed by atoms with Crippen molar-refractivity contribution in [2.24, 2.45) is 0 Å². The Balaban J connectivity index is 1.20. The van der Waals surface area contributed by atoms with Crippen LogP contribution in [-0.4, -0.2) is 49.6 Å². The van der Waals surface area contributed by atoms with Gasteiger partial charge in [-0.25, -0.2) is 9.07 Å². The van der Waals surface area contributed by atoms with Crippen molar-refractivity contribution in [3.63, 3.8) is 0 Å². The molecule has 1 aromatic heterocycles. The second-order valence-corrected chi connectivity index (χ2v) is 9.16. The fraction of sp³-hybridized carbons (Fsp3) is 0.280. The summed E-state index contributed by atoms with van der Waals surface area (Å²) in [5.41, 5.74) is 3.38. The second kappa shape index (κ2) is 8.36. The second-order valence-electron chi connectivity index (χ2n) is 9.16. The van der Waals surface area contributed by atoms with Crippen LogP contribution >= 0.6 is 0 Å². The van der Waals surface area contributed by atoms with Crippen LogP contribution in [0.15, 0.2) is 36.5 Å². The van der Waals surface area contributed by atoms with Crippen molar-refractivity contribution < 1.29 is 23.6 Å². The number of aryl methyl sites for hydroxylation is 1. The number of imide groups is 1. The van der Waals surface area contributed by atoms with E-state index in [1.165, 1.54) is 15.8 Å². The van der Waals surface area contributed by atoms with E-state index in [-0.39, 0.29) is 42.6 Å². The molecule has 1 aliphatic carbocycles. The standard InChI is InChI=1S/C25H21FN6O4/c26-22-16-3-1-2-13(16)5-7-18(22)27-23(34)19-12-32(30-29-19)15-6-4-14-11-31(25(36)17(14)10-15)20-8-9-21(33)28-24(20)35/h4-7,10,12,20H,1-3,8-9,11H2,(H,27,34)(H,28,33,35). The first kappa shape index (κ1) is 22.1. The number of amides is 4. The zero-order chi connectivity index (χ0) is 25.0. The fourth-order valence-corrected chi connectivity index (χ4v) is 5.08. The number of carbonyl (C=O) groups excluding carboxylic acids is 4. The Hall–Kier alpha value is -4.41. The lowest BCUT2D eigenvalue weighted by Crippen LogP contribution is -2.52. The average Bonchev–Trinajstić information content (AvgIpc) is 3.60. The maximum atomic E-state index is 14.8. The molecule has 2 aliphatic heterocycles. The molecule has 0 bridgehead atoms. The van der Waals surface area contributed by atoms with Gasteiger partial charge in [-0.15, -0.1) is 5.10 Å². The maximum Gasteiger partial charge on any atom is 0.277 e. The van der Waals surface area contributed by atoms with Crippen molar-refractivity contribution in [2.45, 2.75) is 44.7 Å². The Kier molecular flexibility index (Phi) is 5.13. The minimum atomic E-state index is -0.702. The van der Waals surface area contributed by atoms with Crippen LogP contribution in [0.2, 0.25) is 0 Å². The van der Waals surface area contributed by atoms with Crippen LogP contribution in [0.1, 0.15) is 56.8 Å². The minimum absolute atomic E-state index is 0.00751. The molecule has 11 heteroatoms.